The van der Waals surface area contributed by atoms with Gasteiger partial charge in [-0.1, -0.05) is 32.9 Å². The molecule has 0 atom stereocenters. The van der Waals surface area contributed by atoms with E-state index in [4.69, 9.17) is 10.7 Å². The van der Waals surface area contributed by atoms with Gasteiger partial charge >= 0.3 is 0 Å². The van der Waals surface area contributed by atoms with E-state index in [1.165, 1.54) is 4.70 Å². The zero-order valence-electron chi connectivity index (χ0n) is 12.1. The number of thiazole rings is 1. The van der Waals surface area contributed by atoms with Crippen molar-refractivity contribution >= 4 is 27.4 Å². The largest absolute Gasteiger partial charge is 0.383 e. The molecular weight excluding hydrogens is 268 g/mol. The van der Waals surface area contributed by atoms with Crippen molar-refractivity contribution in [3.8, 4) is 11.1 Å². The highest BCUT2D eigenvalue weighted by Gasteiger charge is 2.21. The van der Waals surface area contributed by atoms with Gasteiger partial charge in [0.2, 0.25) is 0 Å². The molecule has 20 heavy (non-hydrogen) atoms. The van der Waals surface area contributed by atoms with E-state index in [1.807, 2.05) is 7.05 Å². The summed E-state index contributed by atoms with van der Waals surface area (Å²) in [5, 5.41) is 5.36. The lowest BCUT2D eigenvalue weighted by molar-refractivity contribution is 0.587. The fourth-order valence-electron chi connectivity index (χ4n) is 2.14. The molecule has 0 aliphatic rings. The minimum atomic E-state index is 0.0570. The summed E-state index contributed by atoms with van der Waals surface area (Å²) >= 11 is 1.75. The average molecular weight is 286 g/mol. The smallest absolute Gasteiger partial charge is 0.129 e. The summed E-state index contributed by atoms with van der Waals surface area (Å²) in [5.74, 6) is 0.669. The van der Waals surface area contributed by atoms with Crippen LogP contribution in [0, 0.1) is 0 Å². The molecule has 0 saturated carbocycles. The number of fused-ring (bicyclic) bond motifs is 1. The van der Waals surface area contributed by atoms with Crippen molar-refractivity contribution in [1.82, 2.24) is 14.8 Å². The molecular formula is C15H18N4S. The molecule has 5 heteroatoms. The normalized spacial score (nSPS) is 12.2. The van der Waals surface area contributed by atoms with E-state index in [0.717, 1.165) is 21.7 Å². The van der Waals surface area contributed by atoms with E-state index in [-0.39, 0.29) is 5.41 Å². The van der Waals surface area contributed by atoms with Crippen LogP contribution in [0.5, 0.6) is 0 Å². The van der Waals surface area contributed by atoms with E-state index in [1.54, 1.807) is 22.2 Å². The van der Waals surface area contributed by atoms with Gasteiger partial charge in [0.1, 0.15) is 5.82 Å². The van der Waals surface area contributed by atoms with Crippen LogP contribution in [0.3, 0.4) is 0 Å². The predicted octanol–water partition coefficient (Wildman–Crippen LogP) is 3.58. The minimum absolute atomic E-state index is 0.0570. The van der Waals surface area contributed by atoms with Crippen LogP contribution < -0.4 is 5.73 Å². The summed E-state index contributed by atoms with van der Waals surface area (Å²) in [6.07, 6.45) is 1.81. The van der Waals surface area contributed by atoms with Crippen LogP contribution in [-0.2, 0) is 12.5 Å². The molecule has 0 radical (unpaired) electrons. The maximum Gasteiger partial charge on any atom is 0.129 e. The maximum absolute atomic E-state index is 6.09. The van der Waals surface area contributed by atoms with Gasteiger partial charge in [-0.05, 0) is 6.07 Å². The molecule has 4 nitrogen and oxygen atoms in total. The number of nitrogens with zero attached hydrogens (tertiary/aromatic N) is 3. The highest BCUT2D eigenvalue weighted by Crippen LogP contribution is 2.37. The van der Waals surface area contributed by atoms with Gasteiger partial charge in [-0.15, -0.1) is 11.3 Å². The summed E-state index contributed by atoms with van der Waals surface area (Å²) in [4.78, 5) is 4.84. The van der Waals surface area contributed by atoms with Gasteiger partial charge in [-0.25, -0.2) is 4.98 Å². The first kappa shape index (κ1) is 13.1. The van der Waals surface area contributed by atoms with Crippen molar-refractivity contribution in [3.63, 3.8) is 0 Å². The van der Waals surface area contributed by atoms with Crippen molar-refractivity contribution in [1.29, 1.82) is 0 Å². The molecule has 2 aromatic heterocycles. The molecule has 0 fully saturated rings. The molecule has 0 unspecified atom stereocenters. The number of rotatable bonds is 1. The van der Waals surface area contributed by atoms with Crippen LogP contribution in [0.2, 0.25) is 0 Å². The van der Waals surface area contributed by atoms with Gasteiger partial charge in [0.05, 0.1) is 21.4 Å². The first-order valence-electron chi connectivity index (χ1n) is 6.56. The van der Waals surface area contributed by atoms with Crippen molar-refractivity contribution < 1.29 is 0 Å². The Bertz CT molecular complexity index is 777. The molecule has 0 aliphatic heterocycles. The third kappa shape index (κ3) is 1.98. The second kappa shape index (κ2) is 4.31. The Morgan fingerprint density at radius 1 is 1.20 bits per heavy atom. The third-order valence-electron chi connectivity index (χ3n) is 3.34. The molecule has 0 bridgehead atoms. The summed E-state index contributed by atoms with van der Waals surface area (Å²) in [5.41, 5.74) is 9.17. The molecule has 3 rings (SSSR count). The lowest BCUT2D eigenvalue weighted by Gasteiger charge is -2.13. The average Bonchev–Trinajstić information content (AvgIpc) is 2.94. The second-order valence-corrected chi connectivity index (χ2v) is 7.02. The van der Waals surface area contributed by atoms with E-state index in [9.17, 15) is 0 Å². The monoisotopic (exact) mass is 286 g/mol. The standard InChI is InChI=1S/C15H18N4S/c1-15(2,3)14-18-12-9(6-5-7-11(12)20-14)10-8-17-19(4)13(10)16/h5-8H,16H2,1-4H3. The topological polar surface area (TPSA) is 56.7 Å². The molecule has 0 amide bonds. The molecule has 3 aromatic rings. The van der Waals surface area contributed by atoms with E-state index < -0.39 is 0 Å². The number of aromatic nitrogens is 3. The Morgan fingerprint density at radius 2 is 1.95 bits per heavy atom. The lowest BCUT2D eigenvalue weighted by atomic mass is 9.98. The fraction of sp³-hybridized carbons (Fsp3) is 0.333. The number of anilines is 1. The summed E-state index contributed by atoms with van der Waals surface area (Å²) < 4.78 is 2.88. The van der Waals surface area contributed by atoms with Gasteiger partial charge in [-0.3, -0.25) is 4.68 Å². The zero-order valence-corrected chi connectivity index (χ0v) is 13.0. The number of nitrogen functional groups attached to an aromatic ring is 1. The quantitative estimate of drug-likeness (QED) is 0.744. The van der Waals surface area contributed by atoms with Crippen LogP contribution in [-0.4, -0.2) is 14.8 Å². The van der Waals surface area contributed by atoms with Gasteiger partial charge in [0, 0.05) is 23.6 Å². The first-order chi connectivity index (χ1) is 9.38. The minimum Gasteiger partial charge on any atom is -0.383 e. The van der Waals surface area contributed by atoms with Gasteiger partial charge < -0.3 is 5.73 Å². The van der Waals surface area contributed by atoms with Crippen LogP contribution in [0.25, 0.3) is 21.3 Å². The Kier molecular flexibility index (Phi) is 2.83. The Labute approximate surface area is 122 Å². The highest BCUT2D eigenvalue weighted by molar-refractivity contribution is 7.18. The van der Waals surface area contributed by atoms with Crippen LogP contribution in [0.4, 0.5) is 5.82 Å². The Hall–Kier alpha value is -1.88. The van der Waals surface area contributed by atoms with Crippen molar-refractivity contribution in [2.45, 2.75) is 26.2 Å². The zero-order chi connectivity index (χ0) is 14.5. The van der Waals surface area contributed by atoms with Gasteiger partial charge in [0.15, 0.2) is 0 Å². The molecule has 2 heterocycles. The lowest BCUT2D eigenvalue weighted by Crippen LogP contribution is -2.09. The number of para-hydroxylation sites is 1. The van der Waals surface area contributed by atoms with E-state index in [0.29, 0.717) is 5.82 Å². The number of benzene rings is 1. The fourth-order valence-corrected chi connectivity index (χ4v) is 3.19. The molecule has 0 aliphatic carbocycles. The van der Waals surface area contributed by atoms with Crippen LogP contribution in [0.15, 0.2) is 24.4 Å². The van der Waals surface area contributed by atoms with E-state index >= 15 is 0 Å². The predicted molar refractivity (Wildman–Crippen MR) is 84.9 cm³/mol. The third-order valence-corrected chi connectivity index (χ3v) is 4.78. The van der Waals surface area contributed by atoms with Gasteiger partial charge in [0.25, 0.3) is 0 Å². The molecule has 2 N–H and O–H groups in total. The number of nitrogens with two attached hydrogens (primary N) is 1. The maximum atomic E-state index is 6.09. The highest BCUT2D eigenvalue weighted by atomic mass is 32.1. The number of aryl methyl sites for hydroxylation is 1. The summed E-state index contributed by atoms with van der Waals surface area (Å²) in [6, 6.07) is 6.22. The molecule has 1 aromatic carbocycles. The number of hydrogen-bond donors (Lipinski definition) is 1. The Morgan fingerprint density at radius 3 is 2.55 bits per heavy atom. The first-order valence-corrected chi connectivity index (χ1v) is 7.37. The van der Waals surface area contributed by atoms with E-state index in [2.05, 4.69) is 44.1 Å². The van der Waals surface area contributed by atoms with Crippen LogP contribution in [0.1, 0.15) is 25.8 Å². The van der Waals surface area contributed by atoms with Gasteiger partial charge in [-0.2, -0.15) is 5.10 Å². The number of hydrogen-bond acceptors (Lipinski definition) is 4. The van der Waals surface area contributed by atoms with Crippen LogP contribution >= 0.6 is 11.3 Å². The molecule has 104 valence electrons. The molecule has 0 saturated heterocycles. The summed E-state index contributed by atoms with van der Waals surface area (Å²) in [7, 11) is 1.85. The van der Waals surface area contributed by atoms with Crippen molar-refractivity contribution in [3.05, 3.63) is 29.4 Å². The molecule has 0 spiro atoms. The van der Waals surface area contributed by atoms with Crippen molar-refractivity contribution in [2.24, 2.45) is 7.05 Å². The SMILES string of the molecule is Cn1ncc(-c2cccc3sc(C(C)(C)C)nc23)c1N. The second-order valence-electron chi connectivity index (χ2n) is 5.99. The van der Waals surface area contributed by atoms with Crippen molar-refractivity contribution in [2.75, 3.05) is 5.73 Å². The summed E-state index contributed by atoms with van der Waals surface area (Å²) in [6.45, 7) is 6.55. The Balaban J connectivity index is 2.27.